The molecule has 5 rings (SSSR count). The highest BCUT2D eigenvalue weighted by Crippen LogP contribution is 2.48. The molecule has 1 aliphatic rings. The predicted octanol–water partition coefficient (Wildman–Crippen LogP) is 5.54. The molecule has 0 saturated heterocycles. The number of anilines is 1. The van der Waals surface area contributed by atoms with E-state index in [-0.39, 0.29) is 56.3 Å². The maximum Gasteiger partial charge on any atom is 0.379 e. The molecule has 1 aliphatic carbocycles. The number of hydrogen-bond acceptors (Lipinski definition) is 12. The first-order valence-electron chi connectivity index (χ1n) is 18.5. The number of furan rings is 1. The fourth-order valence-electron chi connectivity index (χ4n) is 5.94. The highest BCUT2D eigenvalue weighted by molar-refractivity contribution is 7.92. The number of rotatable bonds is 23. The van der Waals surface area contributed by atoms with Gasteiger partial charge in [0.05, 0.1) is 83.5 Å². The van der Waals surface area contributed by atoms with Gasteiger partial charge < -0.3 is 38.5 Å². The fraction of sp³-hybridized carbons (Fsp3) is 0.390. The number of aliphatic hydroxyl groups is 1. The number of sulfonamides is 1. The summed E-state index contributed by atoms with van der Waals surface area (Å²) >= 11 is 0. The van der Waals surface area contributed by atoms with E-state index >= 15 is 0 Å². The molecule has 57 heavy (non-hydrogen) atoms. The SMILES string of the molecule is CCOC(=O)C(=O)C=C(O)c1ccc(COCCOCCOCCOCCN(c2cc3oc(-c4ccc(F)cc4)c(C(=O)NC)c3cc2C2CC2)S(C)(=O)=O)cc1. The minimum absolute atomic E-state index is 0.0444. The zero-order valence-corrected chi connectivity index (χ0v) is 32.9. The van der Waals surface area contributed by atoms with E-state index in [9.17, 15) is 32.3 Å². The van der Waals surface area contributed by atoms with Gasteiger partial charge in [0.1, 0.15) is 22.9 Å². The third-order valence-corrected chi connectivity index (χ3v) is 10.1. The maximum absolute atomic E-state index is 13.7. The summed E-state index contributed by atoms with van der Waals surface area (Å²) in [6, 6.07) is 15.8. The van der Waals surface area contributed by atoms with E-state index in [0.717, 1.165) is 36.3 Å². The number of aliphatic hydroxyl groups excluding tert-OH is 1. The van der Waals surface area contributed by atoms with Crippen LogP contribution in [0.3, 0.4) is 0 Å². The minimum Gasteiger partial charge on any atom is -0.507 e. The van der Waals surface area contributed by atoms with Crippen LogP contribution in [-0.4, -0.2) is 104 Å². The zero-order chi connectivity index (χ0) is 41.0. The van der Waals surface area contributed by atoms with Crippen molar-refractivity contribution in [3.63, 3.8) is 0 Å². The van der Waals surface area contributed by atoms with Crippen LogP contribution < -0.4 is 9.62 Å². The van der Waals surface area contributed by atoms with Crippen molar-refractivity contribution in [2.24, 2.45) is 0 Å². The number of fused-ring (bicyclic) bond motifs is 1. The maximum atomic E-state index is 13.7. The Morgan fingerprint density at radius 3 is 2.11 bits per heavy atom. The summed E-state index contributed by atoms with van der Waals surface area (Å²) in [6.45, 7) is 3.93. The number of halogens is 1. The van der Waals surface area contributed by atoms with E-state index in [0.29, 0.717) is 66.4 Å². The molecule has 0 spiro atoms. The Labute approximate surface area is 330 Å². The average Bonchev–Trinajstić information content (AvgIpc) is 3.97. The van der Waals surface area contributed by atoms with E-state index in [1.807, 2.05) is 6.07 Å². The molecular weight excluding hydrogens is 764 g/mol. The lowest BCUT2D eigenvalue weighted by Crippen LogP contribution is -2.34. The smallest absolute Gasteiger partial charge is 0.379 e. The molecule has 0 unspecified atom stereocenters. The molecule has 4 aromatic rings. The van der Waals surface area contributed by atoms with Crippen molar-refractivity contribution in [3.8, 4) is 11.3 Å². The summed E-state index contributed by atoms with van der Waals surface area (Å²) in [7, 11) is -2.23. The molecule has 0 radical (unpaired) electrons. The van der Waals surface area contributed by atoms with Gasteiger partial charge in [0.25, 0.3) is 11.7 Å². The van der Waals surface area contributed by atoms with Crippen molar-refractivity contribution in [1.29, 1.82) is 0 Å². The number of ether oxygens (including phenoxy) is 5. The van der Waals surface area contributed by atoms with Crippen molar-refractivity contribution < 1.29 is 60.4 Å². The summed E-state index contributed by atoms with van der Waals surface area (Å²) in [5.74, 6) is -2.73. The number of hydrogen-bond donors (Lipinski definition) is 2. The van der Waals surface area contributed by atoms with Crippen LogP contribution in [0, 0.1) is 5.82 Å². The Kier molecular flexibility index (Phi) is 15.3. The van der Waals surface area contributed by atoms with Crippen LogP contribution in [0.2, 0.25) is 0 Å². The van der Waals surface area contributed by atoms with E-state index in [1.165, 1.54) is 35.6 Å². The van der Waals surface area contributed by atoms with Crippen LogP contribution in [0.4, 0.5) is 10.1 Å². The number of carbonyl (C=O) groups excluding carboxylic acids is 3. The molecule has 306 valence electrons. The molecule has 0 bridgehead atoms. The third-order valence-electron chi connectivity index (χ3n) is 8.90. The van der Waals surface area contributed by atoms with Crippen LogP contribution in [0.1, 0.15) is 52.7 Å². The van der Waals surface area contributed by atoms with Crippen molar-refractivity contribution >= 4 is 50.1 Å². The van der Waals surface area contributed by atoms with Gasteiger partial charge in [0.2, 0.25) is 10.0 Å². The van der Waals surface area contributed by atoms with Crippen LogP contribution in [0.15, 0.2) is 71.2 Å². The van der Waals surface area contributed by atoms with Gasteiger partial charge >= 0.3 is 5.97 Å². The summed E-state index contributed by atoms with van der Waals surface area (Å²) < 4.78 is 74.5. The molecule has 1 heterocycles. The zero-order valence-electron chi connectivity index (χ0n) is 32.1. The molecule has 16 heteroatoms. The molecule has 2 N–H and O–H groups in total. The van der Waals surface area contributed by atoms with Gasteiger partial charge in [-0.25, -0.2) is 17.6 Å². The molecule has 1 aromatic heterocycles. The fourth-order valence-corrected chi connectivity index (χ4v) is 6.87. The number of esters is 1. The Balaban J connectivity index is 1.04. The summed E-state index contributed by atoms with van der Waals surface area (Å²) in [4.78, 5) is 36.2. The van der Waals surface area contributed by atoms with Gasteiger partial charge in [-0.2, -0.15) is 0 Å². The van der Waals surface area contributed by atoms with Crippen molar-refractivity contribution in [2.45, 2.75) is 32.3 Å². The van der Waals surface area contributed by atoms with Gasteiger partial charge in [-0.3, -0.25) is 13.9 Å². The Bertz CT molecular complexity index is 2150. The Morgan fingerprint density at radius 2 is 1.53 bits per heavy atom. The van der Waals surface area contributed by atoms with Crippen molar-refractivity contribution in [3.05, 3.63) is 94.8 Å². The monoisotopic (exact) mass is 810 g/mol. The second-order valence-corrected chi connectivity index (χ2v) is 15.0. The van der Waals surface area contributed by atoms with Gasteiger partial charge in [-0.1, -0.05) is 24.3 Å². The topological polar surface area (TPSA) is 180 Å². The van der Waals surface area contributed by atoms with Crippen molar-refractivity contribution in [2.75, 3.05) is 77.0 Å². The number of nitrogens with zero attached hydrogens (tertiary/aromatic N) is 1. The molecule has 0 aliphatic heterocycles. The summed E-state index contributed by atoms with van der Waals surface area (Å²) in [5, 5.41) is 13.3. The molecule has 14 nitrogen and oxygen atoms in total. The first-order chi connectivity index (χ1) is 27.4. The van der Waals surface area contributed by atoms with Crippen LogP contribution >= 0.6 is 0 Å². The minimum atomic E-state index is -3.74. The number of carbonyl (C=O) groups is 3. The summed E-state index contributed by atoms with van der Waals surface area (Å²) in [6.07, 6.45) is 3.72. The lowest BCUT2D eigenvalue weighted by Gasteiger charge is -2.25. The third kappa shape index (κ3) is 11.9. The van der Waals surface area contributed by atoms with Crippen LogP contribution in [-0.2, 0) is 49.9 Å². The normalized spacial score (nSPS) is 13.2. The lowest BCUT2D eigenvalue weighted by atomic mass is 10.0. The van der Waals surface area contributed by atoms with Gasteiger partial charge in [-0.05, 0) is 67.1 Å². The average molecular weight is 811 g/mol. The van der Waals surface area contributed by atoms with Gasteiger partial charge in [0.15, 0.2) is 0 Å². The lowest BCUT2D eigenvalue weighted by molar-refractivity contribution is -0.151. The molecule has 3 aromatic carbocycles. The number of ketones is 1. The second kappa shape index (κ2) is 20.3. The van der Waals surface area contributed by atoms with E-state index in [2.05, 4.69) is 10.1 Å². The van der Waals surface area contributed by atoms with Crippen molar-refractivity contribution in [1.82, 2.24) is 5.32 Å². The van der Waals surface area contributed by atoms with E-state index < -0.39 is 27.6 Å². The molecule has 1 saturated carbocycles. The van der Waals surface area contributed by atoms with E-state index in [1.54, 1.807) is 37.3 Å². The predicted molar refractivity (Wildman–Crippen MR) is 210 cm³/mol. The largest absolute Gasteiger partial charge is 0.507 e. The Morgan fingerprint density at radius 1 is 0.912 bits per heavy atom. The van der Waals surface area contributed by atoms with Gasteiger partial charge in [0, 0.05) is 35.7 Å². The number of amides is 1. The summed E-state index contributed by atoms with van der Waals surface area (Å²) in [5.41, 5.74) is 3.60. The van der Waals surface area contributed by atoms with Crippen LogP contribution in [0.5, 0.6) is 0 Å². The number of benzene rings is 3. The number of nitrogens with one attached hydrogen (secondary N) is 1. The molecule has 1 fully saturated rings. The molecule has 1 amide bonds. The molecule has 0 atom stereocenters. The highest BCUT2D eigenvalue weighted by atomic mass is 32.2. The van der Waals surface area contributed by atoms with Gasteiger partial charge in [-0.15, -0.1) is 0 Å². The highest BCUT2D eigenvalue weighted by Gasteiger charge is 2.33. The quantitative estimate of drug-likeness (QED) is 0.0315. The molecular formula is C41H47FN2O12S. The standard InChI is InChI=1S/C41H47FN2O12S/c1-4-55-41(48)36(46)25-35(45)29-7-5-27(6-8-29)26-54-22-21-53-20-19-52-18-17-51-16-15-44(57(3,49)50)34-24-37-33(23-32(34)28-9-10-28)38(40(47)43-2)39(56-37)30-11-13-31(42)14-12-30/h5-8,11-14,23-25,28,45H,4,9-10,15-22,26H2,1-3H3,(H,43,47). The second-order valence-electron chi connectivity index (χ2n) is 13.1. The first-order valence-corrected chi connectivity index (χ1v) is 20.3. The Hall–Kier alpha value is -5.13. The van der Waals surface area contributed by atoms with E-state index in [4.69, 9.17) is 23.4 Å². The first kappa shape index (κ1) is 43.0. The van der Waals surface area contributed by atoms with Crippen LogP contribution in [0.25, 0.3) is 28.1 Å².